The molecule has 8 rings (SSSR count). The summed E-state index contributed by atoms with van der Waals surface area (Å²) in [5, 5.41) is 4.79. The van der Waals surface area contributed by atoms with E-state index < -0.39 is 25.8 Å². The average Bonchev–Trinajstić information content (AvgIpc) is 3.82. The van der Waals surface area contributed by atoms with Gasteiger partial charge >= 0.3 is 0 Å². The molecule has 2 saturated heterocycles. The van der Waals surface area contributed by atoms with E-state index in [4.69, 9.17) is 16.3 Å². The van der Waals surface area contributed by atoms with Crippen LogP contribution in [-0.4, -0.2) is 82.9 Å². The van der Waals surface area contributed by atoms with Gasteiger partial charge < -0.3 is 19.9 Å². The molecule has 0 radical (unpaired) electrons. The van der Waals surface area contributed by atoms with Crippen LogP contribution in [0.15, 0.2) is 102 Å². The molecule has 59 heavy (non-hydrogen) atoms. The molecule has 1 atom stereocenters. The third kappa shape index (κ3) is 9.33. The Hall–Kier alpha value is -4.82. The van der Waals surface area contributed by atoms with Crippen LogP contribution in [-0.2, 0) is 19.9 Å². The van der Waals surface area contributed by atoms with Crippen molar-refractivity contribution in [1.29, 1.82) is 0 Å². The molecule has 2 aliphatic heterocycles. The third-order valence-electron chi connectivity index (χ3n) is 11.8. The Labute approximate surface area is 351 Å². The number of carbonyl (C=O) groups is 1. The number of hydrogen-bond acceptors (Lipinski definition) is 9. The number of ether oxygens (including phenoxy) is 1. The summed E-state index contributed by atoms with van der Waals surface area (Å²) >= 11 is 6.24. The van der Waals surface area contributed by atoms with Gasteiger partial charge in [-0.15, -0.1) is 0 Å². The molecule has 1 amide bonds. The molecule has 0 spiro atoms. The minimum atomic E-state index is -4.30. The van der Waals surface area contributed by atoms with Crippen molar-refractivity contribution in [2.45, 2.75) is 57.4 Å². The van der Waals surface area contributed by atoms with Gasteiger partial charge in [0.05, 0.1) is 22.0 Å². The van der Waals surface area contributed by atoms with Crippen molar-refractivity contribution >= 4 is 65.2 Å². The van der Waals surface area contributed by atoms with Crippen molar-refractivity contribution in [2.75, 3.05) is 54.4 Å². The lowest BCUT2D eigenvalue weighted by molar-refractivity contribution is 0.0979. The molecule has 14 heteroatoms. The predicted molar refractivity (Wildman–Crippen MR) is 236 cm³/mol. The number of carbonyl (C=O) groups excluding carboxylic acids is 1. The highest BCUT2D eigenvalue weighted by Gasteiger charge is 2.31. The van der Waals surface area contributed by atoms with Gasteiger partial charge in [0.2, 0.25) is 0 Å². The van der Waals surface area contributed by atoms with Gasteiger partial charge in [-0.1, -0.05) is 49.2 Å². The number of sulfone groups is 1. The molecule has 3 aliphatic rings. The summed E-state index contributed by atoms with van der Waals surface area (Å²) in [5.41, 5.74) is 7.46. The van der Waals surface area contributed by atoms with E-state index in [1.54, 1.807) is 19.1 Å². The summed E-state index contributed by atoms with van der Waals surface area (Å²) in [6, 6.07) is 25.2. The number of allylic oxidation sites excluding steroid dienone is 1. The first-order valence-corrected chi connectivity index (χ1v) is 23.8. The second kappa shape index (κ2) is 16.3. The molecule has 1 unspecified atom stereocenters. The number of rotatable bonds is 11. The molecule has 5 aromatic rings. The number of fused-ring (bicyclic) bond motifs is 1. The first-order valence-electron chi connectivity index (χ1n) is 20.1. The average molecular weight is 857 g/mol. The quantitative estimate of drug-likeness (QED) is 0.119. The van der Waals surface area contributed by atoms with E-state index in [2.05, 4.69) is 50.8 Å². The predicted octanol–water partition coefficient (Wildman–Crippen LogP) is 8.43. The number of nitrogens with one attached hydrogen (secondary N) is 3. The Balaban J connectivity index is 1.01. The van der Waals surface area contributed by atoms with Crippen LogP contribution in [0.3, 0.4) is 0 Å². The Kier molecular flexibility index (Phi) is 11.3. The zero-order chi connectivity index (χ0) is 41.5. The summed E-state index contributed by atoms with van der Waals surface area (Å²) in [6.07, 6.45) is 5.55. The highest BCUT2D eigenvalue weighted by Crippen LogP contribution is 2.43. The van der Waals surface area contributed by atoms with E-state index in [0.717, 1.165) is 73.6 Å². The number of halogens is 1. The molecule has 1 aromatic heterocycles. The number of piperazine rings is 1. The molecule has 3 N–H and O–H groups in total. The van der Waals surface area contributed by atoms with Gasteiger partial charge in [0.25, 0.3) is 15.9 Å². The largest absolute Gasteiger partial charge is 0.456 e. The Morgan fingerprint density at radius 2 is 1.75 bits per heavy atom. The number of aromatic amines is 1. The summed E-state index contributed by atoms with van der Waals surface area (Å²) in [6.45, 7) is 10.6. The van der Waals surface area contributed by atoms with Crippen LogP contribution in [0.4, 0.5) is 11.4 Å². The lowest BCUT2D eigenvalue weighted by atomic mass is 9.72. The second-order valence-electron chi connectivity index (χ2n) is 16.8. The molecule has 11 nitrogen and oxygen atoms in total. The maximum absolute atomic E-state index is 13.9. The van der Waals surface area contributed by atoms with Crippen molar-refractivity contribution in [3.63, 3.8) is 0 Å². The molecule has 0 bridgehead atoms. The van der Waals surface area contributed by atoms with Gasteiger partial charge in [-0.3, -0.25) is 9.69 Å². The van der Waals surface area contributed by atoms with Crippen molar-refractivity contribution in [1.82, 2.24) is 14.6 Å². The minimum Gasteiger partial charge on any atom is -0.456 e. The van der Waals surface area contributed by atoms with Crippen molar-refractivity contribution in [2.24, 2.45) is 5.41 Å². The lowest BCUT2D eigenvalue weighted by Gasteiger charge is -2.39. The zero-order valence-electron chi connectivity index (χ0n) is 33.6. The van der Waals surface area contributed by atoms with Crippen LogP contribution < -0.4 is 19.7 Å². The van der Waals surface area contributed by atoms with Gasteiger partial charge in [-0.25, -0.2) is 21.6 Å². The number of anilines is 2. The summed E-state index contributed by atoms with van der Waals surface area (Å²) < 4.78 is 60.0. The SMILES string of the molecule is Cc1cc(S(=O)(=O)NC(=O)c2ccc(N3CCN(CC4=C(c5ccc(Cl)cc5)CC(C)(C)CC4)CC3)cc2Oc2cccc3[nH]ccc23)ccc1NC1CCS(=O)(=O)C1. The fourth-order valence-corrected chi connectivity index (χ4v) is 11.3. The van der Waals surface area contributed by atoms with E-state index in [1.807, 2.05) is 54.7 Å². The molecule has 4 aromatic carbocycles. The zero-order valence-corrected chi connectivity index (χ0v) is 35.9. The normalized spacial score (nSPS) is 19.5. The van der Waals surface area contributed by atoms with E-state index in [1.165, 1.54) is 28.8 Å². The third-order valence-corrected chi connectivity index (χ3v) is 15.2. The molecular weight excluding hydrogens is 806 g/mol. The monoisotopic (exact) mass is 855 g/mol. The molecule has 2 fully saturated rings. The van der Waals surface area contributed by atoms with E-state index in [9.17, 15) is 21.6 Å². The first-order chi connectivity index (χ1) is 28.1. The molecule has 1 aliphatic carbocycles. The van der Waals surface area contributed by atoms with Crippen LogP contribution in [0, 0.1) is 12.3 Å². The topological polar surface area (TPSA) is 141 Å². The first kappa shape index (κ1) is 40.9. The summed E-state index contributed by atoms with van der Waals surface area (Å²) in [4.78, 5) is 21.8. The number of sulfonamides is 1. The maximum Gasteiger partial charge on any atom is 0.268 e. The Bertz CT molecular complexity index is 2650. The number of H-pyrrole nitrogens is 1. The smallest absolute Gasteiger partial charge is 0.268 e. The molecule has 0 saturated carbocycles. The molecule has 3 heterocycles. The number of benzene rings is 4. The highest BCUT2D eigenvalue weighted by atomic mass is 35.5. The second-order valence-corrected chi connectivity index (χ2v) is 21.2. The van der Waals surface area contributed by atoms with E-state index in [-0.39, 0.29) is 39.2 Å². The van der Waals surface area contributed by atoms with Crippen LogP contribution in [0.5, 0.6) is 11.5 Å². The van der Waals surface area contributed by atoms with E-state index in [0.29, 0.717) is 23.4 Å². The maximum atomic E-state index is 13.9. The van der Waals surface area contributed by atoms with Crippen LogP contribution in [0.2, 0.25) is 5.02 Å². The number of hydrogen-bond donors (Lipinski definition) is 3. The Morgan fingerprint density at radius 3 is 2.47 bits per heavy atom. The van der Waals surface area contributed by atoms with Crippen LogP contribution in [0.25, 0.3) is 16.5 Å². The van der Waals surface area contributed by atoms with Gasteiger partial charge in [0.1, 0.15) is 11.5 Å². The van der Waals surface area contributed by atoms with Gasteiger partial charge in [0.15, 0.2) is 9.84 Å². The standard InChI is InChI=1S/C45H50ClN5O6S2/c1-30-25-36(12-14-40(30)48-34-17-24-58(53,54)29-34)59(55,56)49-44(52)38-13-11-35(26-43(38)57-42-6-4-5-41-37(42)16-19-47-41)51-22-20-50(21-23-51)28-32-15-18-45(2,3)27-39(32)31-7-9-33(46)10-8-31/h4-14,16,19,25-26,34,47-48H,15,17-18,20-24,27-29H2,1-3H3,(H,49,52). The fraction of sp³-hybridized carbons (Fsp3) is 0.356. The number of aromatic nitrogens is 1. The van der Waals surface area contributed by atoms with Crippen LogP contribution >= 0.6 is 11.6 Å². The number of nitrogens with zero attached hydrogens (tertiary/aromatic N) is 2. The van der Waals surface area contributed by atoms with Gasteiger partial charge in [-0.05, 0) is 115 Å². The van der Waals surface area contributed by atoms with E-state index >= 15 is 0 Å². The van der Waals surface area contributed by atoms with Gasteiger partial charge in [0, 0.05) is 78.3 Å². The highest BCUT2D eigenvalue weighted by molar-refractivity contribution is 7.91. The Morgan fingerprint density at radius 1 is 0.966 bits per heavy atom. The fourth-order valence-electron chi connectivity index (χ4n) is 8.47. The summed E-state index contributed by atoms with van der Waals surface area (Å²) in [7, 11) is -7.39. The summed E-state index contributed by atoms with van der Waals surface area (Å²) in [5.74, 6) is 0.0859. The van der Waals surface area contributed by atoms with Gasteiger partial charge in [-0.2, -0.15) is 0 Å². The number of amides is 1. The number of aryl methyl sites for hydroxylation is 1. The lowest BCUT2D eigenvalue weighted by Crippen LogP contribution is -2.47. The molecular formula is C45H50ClN5O6S2. The van der Waals surface area contributed by atoms with Crippen molar-refractivity contribution < 1.29 is 26.4 Å². The minimum absolute atomic E-state index is 0.0320. The molecule has 310 valence electrons. The van der Waals surface area contributed by atoms with Crippen molar-refractivity contribution in [3.8, 4) is 11.5 Å². The van der Waals surface area contributed by atoms with Crippen LogP contribution in [0.1, 0.15) is 61.0 Å². The van der Waals surface area contributed by atoms with Crippen molar-refractivity contribution in [3.05, 3.63) is 118 Å².